The van der Waals surface area contributed by atoms with Crippen LogP contribution < -0.4 is 0 Å². The molecule has 3 rings (SSSR count). The van der Waals surface area contributed by atoms with Crippen molar-refractivity contribution in [1.82, 2.24) is 0 Å². The third kappa shape index (κ3) is 7.67. The molecule has 0 radical (unpaired) electrons. The first kappa shape index (κ1) is 26.4. The minimum absolute atomic E-state index is 0.0345. The molecule has 1 fully saturated rings. The van der Waals surface area contributed by atoms with Gasteiger partial charge >= 0.3 is 5.97 Å². The summed E-state index contributed by atoms with van der Waals surface area (Å²) in [6, 6.07) is 2.10. The Hall–Kier alpha value is -2.18. The van der Waals surface area contributed by atoms with Gasteiger partial charge in [0.1, 0.15) is 11.5 Å². The lowest BCUT2D eigenvalue weighted by Crippen LogP contribution is -2.30. The summed E-state index contributed by atoms with van der Waals surface area (Å²) in [5, 5.41) is 0. The summed E-state index contributed by atoms with van der Waals surface area (Å²) >= 11 is 0. The van der Waals surface area contributed by atoms with Gasteiger partial charge in [0, 0.05) is 43.3 Å². The van der Waals surface area contributed by atoms with Crippen molar-refractivity contribution in [1.29, 1.82) is 0 Å². The van der Waals surface area contributed by atoms with E-state index < -0.39 is 0 Å². The topological polar surface area (TPSA) is 75.0 Å². The summed E-state index contributed by atoms with van der Waals surface area (Å²) in [5.41, 5.74) is 2.33. The first-order chi connectivity index (χ1) is 16.4. The molecule has 0 saturated carbocycles. The van der Waals surface area contributed by atoms with E-state index in [0.29, 0.717) is 12.8 Å². The monoisotopic (exact) mass is 472 g/mol. The van der Waals surface area contributed by atoms with Crippen molar-refractivity contribution in [2.45, 2.75) is 96.9 Å². The minimum Gasteiger partial charge on any atom is -0.469 e. The molecule has 0 N–H and O–H groups in total. The van der Waals surface area contributed by atoms with E-state index in [1.807, 2.05) is 26.8 Å². The number of ketones is 1. The van der Waals surface area contributed by atoms with Crippen molar-refractivity contribution in [2.24, 2.45) is 5.92 Å². The van der Waals surface area contributed by atoms with E-state index in [-0.39, 0.29) is 36.0 Å². The van der Waals surface area contributed by atoms with Crippen LogP contribution in [0, 0.1) is 5.92 Å². The van der Waals surface area contributed by atoms with Crippen LogP contribution in [0.4, 0.5) is 0 Å². The van der Waals surface area contributed by atoms with Gasteiger partial charge in [0.15, 0.2) is 12.1 Å². The Kier molecular flexibility index (Phi) is 10.1. The zero-order valence-electron chi connectivity index (χ0n) is 21.1. The first-order valence-electron chi connectivity index (χ1n) is 12.7. The molecule has 6 nitrogen and oxygen atoms in total. The number of hydrogen-bond donors (Lipinski definition) is 0. The molecule has 1 saturated heterocycles. The summed E-state index contributed by atoms with van der Waals surface area (Å²) in [6.07, 6.45) is 12.9. The maximum absolute atomic E-state index is 12.7. The number of carbonyl (C=O) groups excluding carboxylic acids is 2. The highest BCUT2D eigenvalue weighted by atomic mass is 16.7. The van der Waals surface area contributed by atoms with E-state index in [1.165, 1.54) is 12.7 Å². The quantitative estimate of drug-likeness (QED) is 0.165. The largest absolute Gasteiger partial charge is 0.469 e. The second-order valence-electron chi connectivity index (χ2n) is 9.75. The maximum atomic E-state index is 12.7. The summed E-state index contributed by atoms with van der Waals surface area (Å²) < 4.78 is 23.0. The van der Waals surface area contributed by atoms with Gasteiger partial charge in [0.05, 0.1) is 13.2 Å². The van der Waals surface area contributed by atoms with Crippen LogP contribution in [0.15, 0.2) is 34.3 Å². The van der Waals surface area contributed by atoms with Crippen molar-refractivity contribution in [3.63, 3.8) is 0 Å². The third-order valence-electron chi connectivity index (χ3n) is 6.62. The normalized spacial score (nSPS) is 23.0. The molecule has 1 aliphatic carbocycles. The van der Waals surface area contributed by atoms with Gasteiger partial charge in [-0.2, -0.15) is 0 Å². The lowest BCUT2D eigenvalue weighted by Gasteiger charge is -2.28. The Morgan fingerprint density at radius 2 is 2.06 bits per heavy atom. The molecule has 0 spiro atoms. The van der Waals surface area contributed by atoms with Gasteiger partial charge in [0.25, 0.3) is 0 Å². The summed E-state index contributed by atoms with van der Waals surface area (Å²) in [4.78, 5) is 24.1. The first-order valence-corrected chi connectivity index (χ1v) is 12.7. The Morgan fingerprint density at radius 1 is 1.24 bits per heavy atom. The van der Waals surface area contributed by atoms with Gasteiger partial charge in [-0.3, -0.25) is 9.59 Å². The minimum atomic E-state index is -0.191. The smallest absolute Gasteiger partial charge is 0.305 e. The SMILES string of the molecule is COC(=O)CCCCc1cc2c(o1)C[C@@H](OC1CCCCO1)[C@@H]2C=CC(=O)[C@@H](C)CC=C(C)C. The number of furan rings is 1. The molecule has 188 valence electrons. The van der Waals surface area contributed by atoms with Gasteiger partial charge in [-0.25, -0.2) is 0 Å². The Morgan fingerprint density at radius 3 is 2.76 bits per heavy atom. The van der Waals surface area contributed by atoms with Crippen molar-refractivity contribution in [3.8, 4) is 0 Å². The molecule has 1 aromatic heterocycles. The Bertz CT molecular complexity index is 869. The molecular weight excluding hydrogens is 432 g/mol. The molecular formula is C28H40O6. The zero-order valence-corrected chi connectivity index (χ0v) is 21.1. The average Bonchev–Trinajstić information content (AvgIpc) is 3.36. The van der Waals surface area contributed by atoms with Gasteiger partial charge in [0.2, 0.25) is 0 Å². The third-order valence-corrected chi connectivity index (χ3v) is 6.62. The molecule has 1 aliphatic heterocycles. The number of ether oxygens (including phenoxy) is 3. The van der Waals surface area contributed by atoms with Crippen molar-refractivity contribution >= 4 is 11.8 Å². The van der Waals surface area contributed by atoms with Crippen LogP contribution in [-0.2, 0) is 36.6 Å². The van der Waals surface area contributed by atoms with Crippen LogP contribution in [0.25, 0.3) is 0 Å². The highest BCUT2D eigenvalue weighted by molar-refractivity contribution is 5.91. The fraction of sp³-hybridized carbons (Fsp3) is 0.643. The van der Waals surface area contributed by atoms with Gasteiger partial charge in [-0.1, -0.05) is 24.6 Å². The van der Waals surface area contributed by atoms with Crippen molar-refractivity contribution in [2.75, 3.05) is 13.7 Å². The highest BCUT2D eigenvalue weighted by Crippen LogP contribution is 2.40. The molecule has 4 atom stereocenters. The summed E-state index contributed by atoms with van der Waals surface area (Å²) in [7, 11) is 1.41. The van der Waals surface area contributed by atoms with Gasteiger partial charge < -0.3 is 18.6 Å². The number of esters is 1. The molecule has 0 amide bonds. The number of hydrogen-bond acceptors (Lipinski definition) is 6. The molecule has 2 heterocycles. The highest BCUT2D eigenvalue weighted by Gasteiger charge is 2.37. The van der Waals surface area contributed by atoms with E-state index in [1.54, 1.807) is 6.08 Å². The number of carbonyl (C=O) groups is 2. The Labute approximate surface area is 203 Å². The molecule has 1 aromatic rings. The molecule has 34 heavy (non-hydrogen) atoms. The number of aryl methyl sites for hydroxylation is 1. The van der Waals surface area contributed by atoms with Crippen LogP contribution in [0.2, 0.25) is 0 Å². The Balaban J connectivity index is 1.67. The lowest BCUT2D eigenvalue weighted by atomic mass is 9.96. The predicted molar refractivity (Wildman–Crippen MR) is 131 cm³/mol. The number of methoxy groups -OCH3 is 1. The van der Waals surface area contributed by atoms with Crippen LogP contribution in [0.3, 0.4) is 0 Å². The van der Waals surface area contributed by atoms with Gasteiger partial charge in [-0.15, -0.1) is 0 Å². The molecule has 0 aromatic carbocycles. The average molecular weight is 473 g/mol. The van der Waals surface area contributed by atoms with Crippen LogP contribution in [0.5, 0.6) is 0 Å². The fourth-order valence-electron chi connectivity index (χ4n) is 4.51. The number of allylic oxidation sites excluding steroid dienone is 3. The standard InChI is InChI=1S/C28H40O6/c1-19(2)12-13-20(3)24(29)15-14-22-23-17-21(9-5-6-10-27(30)31-4)33-26(23)18-25(22)34-28-11-7-8-16-32-28/h12,14-15,17,20,22,25,28H,5-11,13,16,18H2,1-4H3/t20-,22+,25+,28?/m0/s1. The zero-order chi connectivity index (χ0) is 24.5. The maximum Gasteiger partial charge on any atom is 0.305 e. The number of rotatable bonds is 12. The second kappa shape index (κ2) is 13.1. The predicted octanol–water partition coefficient (Wildman–Crippen LogP) is 5.83. The van der Waals surface area contributed by atoms with Gasteiger partial charge in [-0.05, 0) is 64.5 Å². The number of fused-ring (bicyclic) bond motifs is 1. The van der Waals surface area contributed by atoms with Crippen LogP contribution in [0.1, 0.15) is 88.7 Å². The van der Waals surface area contributed by atoms with E-state index in [0.717, 1.165) is 68.6 Å². The van der Waals surface area contributed by atoms with E-state index in [9.17, 15) is 9.59 Å². The van der Waals surface area contributed by atoms with E-state index >= 15 is 0 Å². The van der Waals surface area contributed by atoms with Crippen LogP contribution in [-0.4, -0.2) is 37.9 Å². The molecule has 2 aliphatic rings. The molecule has 6 heteroatoms. The second-order valence-corrected chi connectivity index (χ2v) is 9.75. The summed E-state index contributed by atoms with van der Waals surface area (Å²) in [6.45, 7) is 6.81. The lowest BCUT2D eigenvalue weighted by molar-refractivity contribution is -0.188. The number of unbranched alkanes of at least 4 members (excludes halogenated alkanes) is 1. The van der Waals surface area contributed by atoms with Crippen LogP contribution >= 0.6 is 0 Å². The van der Waals surface area contributed by atoms with Crippen molar-refractivity contribution < 1.29 is 28.2 Å². The molecule has 1 unspecified atom stereocenters. The fourth-order valence-corrected chi connectivity index (χ4v) is 4.51. The van der Waals surface area contributed by atoms with Crippen molar-refractivity contribution in [3.05, 3.63) is 47.0 Å². The molecule has 0 bridgehead atoms. The van der Waals surface area contributed by atoms with E-state index in [4.69, 9.17) is 18.6 Å². The summed E-state index contributed by atoms with van der Waals surface area (Å²) in [5.74, 6) is 1.72. The van der Waals surface area contributed by atoms with E-state index in [2.05, 4.69) is 12.1 Å².